The largest absolute Gasteiger partial charge is 0.355 e. The molecular weight excluding hydrogens is 442 g/mol. The van der Waals surface area contributed by atoms with Crippen LogP contribution in [0.2, 0.25) is 0 Å². The van der Waals surface area contributed by atoms with Crippen molar-refractivity contribution < 1.29 is 9.59 Å². The van der Waals surface area contributed by atoms with E-state index in [0.717, 1.165) is 30.0 Å². The number of benzene rings is 1. The molecule has 2 amide bonds. The van der Waals surface area contributed by atoms with Crippen molar-refractivity contribution in [2.75, 3.05) is 17.6 Å². The minimum atomic E-state index is -0.142. The minimum Gasteiger partial charge on any atom is -0.355 e. The molecule has 5 nitrogen and oxygen atoms in total. The monoisotopic (exact) mass is 489 g/mol. The topological polar surface area (TPSA) is 70.2 Å². The van der Waals surface area contributed by atoms with E-state index in [1.54, 1.807) is 11.8 Å². The van der Waals surface area contributed by atoms with Gasteiger partial charge < -0.3 is 10.6 Å². The van der Waals surface area contributed by atoms with Crippen molar-refractivity contribution in [1.29, 1.82) is 0 Å². The lowest BCUT2D eigenvalue weighted by atomic mass is 10.0. The van der Waals surface area contributed by atoms with Crippen molar-refractivity contribution in [3.8, 4) is 0 Å². The summed E-state index contributed by atoms with van der Waals surface area (Å²) < 4.78 is 0. The molecule has 0 saturated carbocycles. The molecule has 1 fully saturated rings. The first kappa shape index (κ1) is 28.7. The average Bonchev–Trinajstić information content (AvgIpc) is 3.32. The van der Waals surface area contributed by atoms with Gasteiger partial charge in [-0.15, -0.1) is 11.8 Å². The van der Waals surface area contributed by atoms with Crippen molar-refractivity contribution in [3.63, 3.8) is 0 Å². The predicted molar refractivity (Wildman–Crippen MR) is 146 cm³/mol. The number of carbonyl (C=O) groups is 2. The standard InChI is InChI=1S/C28H47N3O2S/c1-3-4-5-6-7-8-9-10-11-12-13-14-15-16-21-29-27(33)26-22-34-28(31-26)24-17-19-25(20-18-24)30-23(2)32/h17-20,26,28,31H,3-16,21-22H2,1-2H3,(H,29,33)(H,30,32)/t26-,28?/m1/s1. The second kappa shape index (κ2) is 17.8. The number of hydrogen-bond donors (Lipinski definition) is 3. The molecule has 34 heavy (non-hydrogen) atoms. The lowest BCUT2D eigenvalue weighted by Gasteiger charge is -2.14. The number of anilines is 1. The Morgan fingerprint density at radius 1 is 0.853 bits per heavy atom. The fraction of sp³-hybridized carbons (Fsp3) is 0.714. The summed E-state index contributed by atoms with van der Waals surface area (Å²) in [6, 6.07) is 7.68. The fourth-order valence-electron chi connectivity index (χ4n) is 4.41. The van der Waals surface area contributed by atoms with Gasteiger partial charge in [0.05, 0.1) is 11.4 Å². The van der Waals surface area contributed by atoms with Crippen molar-refractivity contribution in [1.82, 2.24) is 10.6 Å². The Kier molecular flexibility index (Phi) is 15.1. The van der Waals surface area contributed by atoms with Gasteiger partial charge in [0.15, 0.2) is 0 Å². The van der Waals surface area contributed by atoms with Gasteiger partial charge in [0.2, 0.25) is 11.8 Å². The first-order valence-corrected chi connectivity index (χ1v) is 14.7. The summed E-state index contributed by atoms with van der Waals surface area (Å²) in [4.78, 5) is 23.6. The summed E-state index contributed by atoms with van der Waals surface area (Å²) in [6.45, 7) is 4.55. The van der Waals surface area contributed by atoms with Gasteiger partial charge in [-0.2, -0.15) is 0 Å². The van der Waals surface area contributed by atoms with E-state index >= 15 is 0 Å². The summed E-state index contributed by atoms with van der Waals surface area (Å²) in [5, 5.41) is 9.44. The summed E-state index contributed by atoms with van der Waals surface area (Å²) >= 11 is 1.76. The third kappa shape index (κ3) is 12.3. The molecule has 0 radical (unpaired) electrons. The number of amides is 2. The number of nitrogens with one attached hydrogen (secondary N) is 3. The van der Waals surface area contributed by atoms with Gasteiger partial charge in [-0.1, -0.05) is 103 Å². The Balaban J connectivity index is 1.44. The van der Waals surface area contributed by atoms with E-state index in [1.165, 1.54) is 90.4 Å². The van der Waals surface area contributed by atoms with Crippen LogP contribution in [0.4, 0.5) is 5.69 Å². The Bertz CT molecular complexity index is 695. The molecule has 1 saturated heterocycles. The molecule has 0 aromatic heterocycles. The molecule has 1 aromatic rings. The Morgan fingerprint density at radius 3 is 1.91 bits per heavy atom. The van der Waals surface area contributed by atoms with Crippen LogP contribution < -0.4 is 16.0 Å². The van der Waals surface area contributed by atoms with Crippen LogP contribution in [-0.2, 0) is 9.59 Å². The van der Waals surface area contributed by atoms with Gasteiger partial charge >= 0.3 is 0 Å². The van der Waals surface area contributed by atoms with E-state index in [9.17, 15) is 9.59 Å². The van der Waals surface area contributed by atoms with Gasteiger partial charge in [-0.05, 0) is 24.1 Å². The SMILES string of the molecule is CCCCCCCCCCCCCCCCNC(=O)[C@H]1CSC(c2ccc(NC(C)=O)cc2)N1. The van der Waals surface area contributed by atoms with Crippen LogP contribution in [0.15, 0.2) is 24.3 Å². The maximum atomic E-state index is 12.5. The van der Waals surface area contributed by atoms with E-state index in [2.05, 4.69) is 22.9 Å². The van der Waals surface area contributed by atoms with Crippen LogP contribution in [0, 0.1) is 0 Å². The second-order valence-electron chi connectivity index (χ2n) is 9.62. The highest BCUT2D eigenvalue weighted by molar-refractivity contribution is 7.99. The molecule has 2 atom stereocenters. The molecule has 0 aliphatic carbocycles. The molecule has 1 aromatic carbocycles. The Hall–Kier alpha value is -1.53. The maximum Gasteiger partial charge on any atom is 0.238 e. The molecule has 6 heteroatoms. The molecule has 0 spiro atoms. The molecule has 1 aliphatic rings. The average molecular weight is 490 g/mol. The van der Waals surface area contributed by atoms with Gasteiger partial charge in [-0.25, -0.2) is 0 Å². The summed E-state index contributed by atoms with van der Waals surface area (Å²) in [6.07, 6.45) is 18.9. The van der Waals surface area contributed by atoms with E-state index in [-0.39, 0.29) is 23.2 Å². The van der Waals surface area contributed by atoms with Gasteiger partial charge in [0.1, 0.15) is 0 Å². The lowest BCUT2D eigenvalue weighted by Crippen LogP contribution is -2.42. The van der Waals surface area contributed by atoms with E-state index < -0.39 is 0 Å². The molecule has 2 rings (SSSR count). The zero-order valence-electron chi connectivity index (χ0n) is 21.5. The lowest BCUT2D eigenvalue weighted by molar-refractivity contribution is -0.122. The van der Waals surface area contributed by atoms with Crippen LogP contribution in [-0.4, -0.2) is 30.2 Å². The third-order valence-corrected chi connectivity index (χ3v) is 7.73. The van der Waals surface area contributed by atoms with Crippen LogP contribution in [0.3, 0.4) is 0 Å². The first-order valence-electron chi connectivity index (χ1n) is 13.6. The van der Waals surface area contributed by atoms with Crippen molar-refractivity contribution in [2.45, 2.75) is 115 Å². The van der Waals surface area contributed by atoms with Crippen molar-refractivity contribution >= 4 is 29.3 Å². The van der Waals surface area contributed by atoms with Gasteiger partial charge in [-0.3, -0.25) is 14.9 Å². The van der Waals surface area contributed by atoms with E-state index in [4.69, 9.17) is 0 Å². The second-order valence-corrected chi connectivity index (χ2v) is 10.8. The highest BCUT2D eigenvalue weighted by atomic mass is 32.2. The zero-order chi connectivity index (χ0) is 24.4. The number of unbranched alkanes of at least 4 members (excludes halogenated alkanes) is 13. The molecule has 1 unspecified atom stereocenters. The molecule has 1 aliphatic heterocycles. The predicted octanol–water partition coefficient (Wildman–Crippen LogP) is 6.95. The number of rotatable bonds is 18. The molecule has 192 valence electrons. The highest BCUT2D eigenvalue weighted by Gasteiger charge is 2.30. The van der Waals surface area contributed by atoms with E-state index in [0.29, 0.717) is 0 Å². The Morgan fingerprint density at radius 2 is 1.38 bits per heavy atom. The summed E-state index contributed by atoms with van der Waals surface area (Å²) in [5.41, 5.74) is 1.92. The third-order valence-electron chi connectivity index (χ3n) is 6.46. The summed E-state index contributed by atoms with van der Waals surface area (Å²) in [7, 11) is 0. The fourth-order valence-corrected chi connectivity index (χ4v) is 5.66. The summed E-state index contributed by atoms with van der Waals surface area (Å²) in [5.74, 6) is 0.819. The number of carbonyl (C=O) groups excluding carboxylic acids is 2. The molecular formula is C28H47N3O2S. The quantitative estimate of drug-likeness (QED) is 0.195. The Labute approximate surface area is 212 Å². The highest BCUT2D eigenvalue weighted by Crippen LogP contribution is 2.33. The van der Waals surface area contributed by atoms with Crippen molar-refractivity contribution in [2.24, 2.45) is 0 Å². The van der Waals surface area contributed by atoms with Crippen LogP contribution in [0.5, 0.6) is 0 Å². The van der Waals surface area contributed by atoms with Crippen LogP contribution in [0.25, 0.3) is 0 Å². The minimum absolute atomic E-state index is 0.0725. The van der Waals surface area contributed by atoms with Crippen LogP contribution >= 0.6 is 11.8 Å². The molecule has 3 N–H and O–H groups in total. The maximum absolute atomic E-state index is 12.5. The molecule has 1 heterocycles. The van der Waals surface area contributed by atoms with Crippen molar-refractivity contribution in [3.05, 3.63) is 29.8 Å². The smallest absolute Gasteiger partial charge is 0.238 e. The number of thioether (sulfide) groups is 1. The van der Waals surface area contributed by atoms with Crippen LogP contribution in [0.1, 0.15) is 115 Å². The number of hydrogen-bond acceptors (Lipinski definition) is 4. The first-order chi connectivity index (χ1) is 16.6. The van der Waals surface area contributed by atoms with E-state index in [1.807, 2.05) is 24.3 Å². The zero-order valence-corrected chi connectivity index (χ0v) is 22.3. The van der Waals surface area contributed by atoms with Gasteiger partial charge in [0, 0.05) is 24.9 Å². The van der Waals surface area contributed by atoms with Gasteiger partial charge in [0.25, 0.3) is 0 Å². The molecule has 0 bridgehead atoms. The normalized spacial score (nSPS) is 17.6.